The number of ether oxygens (including phenoxy) is 2. The molecule has 6 nitrogen and oxygen atoms in total. The molecule has 0 radical (unpaired) electrons. The maximum absolute atomic E-state index is 13.3. The number of fused-ring (bicyclic) bond motifs is 2. The fraction of sp³-hybridized carbons (Fsp3) is 0.192. The van der Waals surface area contributed by atoms with Gasteiger partial charge in [-0.3, -0.25) is 4.79 Å². The van der Waals surface area contributed by atoms with Gasteiger partial charge < -0.3 is 14.8 Å². The lowest BCUT2D eigenvalue weighted by atomic mass is 9.63. The summed E-state index contributed by atoms with van der Waals surface area (Å²) < 4.78 is 10.7. The van der Waals surface area contributed by atoms with Crippen LogP contribution in [-0.4, -0.2) is 12.6 Å². The van der Waals surface area contributed by atoms with Gasteiger partial charge in [-0.25, -0.2) is 0 Å². The molecule has 0 aromatic heterocycles. The van der Waals surface area contributed by atoms with Crippen LogP contribution in [-0.2, 0) is 0 Å². The van der Waals surface area contributed by atoms with Crippen LogP contribution >= 0.6 is 0 Å². The van der Waals surface area contributed by atoms with Crippen molar-refractivity contribution in [3.05, 3.63) is 89.5 Å². The fourth-order valence-corrected chi connectivity index (χ4v) is 4.59. The molecule has 2 aliphatic heterocycles. The molecule has 0 spiro atoms. The van der Waals surface area contributed by atoms with Crippen LogP contribution in [0.1, 0.15) is 39.9 Å². The number of Topliss-reactive ketones (excluding diaryl/α,β-unsaturated/α-hetero) is 1. The Hall–Kier alpha value is -4.29. The highest BCUT2D eigenvalue weighted by atomic mass is 16.7. The predicted molar refractivity (Wildman–Crippen MR) is 117 cm³/mol. The predicted octanol–water partition coefficient (Wildman–Crippen LogP) is 4.97. The minimum atomic E-state index is -1.47. The summed E-state index contributed by atoms with van der Waals surface area (Å²) in [6, 6.07) is 26.0. The Morgan fingerprint density at radius 3 is 2.47 bits per heavy atom. The molecule has 32 heavy (non-hydrogen) atoms. The molecule has 0 aliphatic carbocycles. The lowest BCUT2D eigenvalue weighted by Gasteiger charge is -2.42. The highest BCUT2D eigenvalue weighted by Crippen LogP contribution is 2.54. The summed E-state index contributed by atoms with van der Waals surface area (Å²) in [5, 5.41) is 24.0. The molecule has 156 valence electrons. The third-order valence-corrected chi connectivity index (χ3v) is 6.23. The number of hydrogen-bond acceptors (Lipinski definition) is 6. The van der Waals surface area contributed by atoms with Crippen LogP contribution in [0.2, 0.25) is 0 Å². The molecular formula is C26H19N3O3. The Bertz CT molecular complexity index is 1260. The number of hydrogen-bond donors (Lipinski definition) is 1. The van der Waals surface area contributed by atoms with Crippen molar-refractivity contribution in [2.24, 2.45) is 5.41 Å². The number of ketones is 1. The molecule has 0 amide bonds. The topological polar surface area (TPSA) is 95.1 Å². The third-order valence-electron chi connectivity index (χ3n) is 6.23. The van der Waals surface area contributed by atoms with Gasteiger partial charge in [-0.2, -0.15) is 10.5 Å². The van der Waals surface area contributed by atoms with E-state index in [1.807, 2.05) is 54.6 Å². The monoisotopic (exact) mass is 421 g/mol. The Morgan fingerprint density at radius 1 is 0.969 bits per heavy atom. The summed E-state index contributed by atoms with van der Waals surface area (Å²) >= 11 is 0. The van der Waals surface area contributed by atoms with Crippen molar-refractivity contribution in [1.29, 1.82) is 10.5 Å². The second kappa shape index (κ2) is 7.76. The van der Waals surface area contributed by atoms with Gasteiger partial charge in [0, 0.05) is 23.6 Å². The van der Waals surface area contributed by atoms with Crippen molar-refractivity contribution in [2.75, 3.05) is 12.1 Å². The molecule has 6 heteroatoms. The minimum absolute atomic E-state index is 0.0167. The number of para-hydroxylation sites is 1. The smallest absolute Gasteiger partial charge is 0.231 e. The van der Waals surface area contributed by atoms with E-state index < -0.39 is 17.4 Å². The molecular weight excluding hydrogens is 402 g/mol. The molecule has 0 saturated heterocycles. The SMILES string of the molecule is N#CC1(C#N)[C@H](CC(=O)c2ccc3c(c2)OCO3)c2ccccc2N[C@H]1c1ccccc1. The first-order valence-electron chi connectivity index (χ1n) is 10.3. The van der Waals surface area contributed by atoms with Gasteiger partial charge in [0.05, 0.1) is 18.2 Å². The van der Waals surface area contributed by atoms with Crippen LogP contribution < -0.4 is 14.8 Å². The molecule has 3 aromatic carbocycles. The van der Waals surface area contributed by atoms with Gasteiger partial charge in [0.25, 0.3) is 0 Å². The largest absolute Gasteiger partial charge is 0.454 e. The number of carbonyl (C=O) groups excluding carboxylic acids is 1. The second-order valence-electron chi connectivity index (χ2n) is 7.92. The Labute approximate surface area is 185 Å². The number of nitriles is 2. The van der Waals surface area contributed by atoms with Crippen molar-refractivity contribution in [2.45, 2.75) is 18.4 Å². The quantitative estimate of drug-likeness (QED) is 0.598. The Balaban J connectivity index is 1.59. The van der Waals surface area contributed by atoms with Crippen LogP contribution in [0.15, 0.2) is 72.8 Å². The van der Waals surface area contributed by atoms with E-state index >= 15 is 0 Å². The van der Waals surface area contributed by atoms with E-state index in [0.29, 0.717) is 17.1 Å². The molecule has 5 rings (SSSR count). The molecule has 0 fully saturated rings. The first-order valence-corrected chi connectivity index (χ1v) is 10.3. The van der Waals surface area contributed by atoms with E-state index in [1.165, 1.54) is 0 Å². The van der Waals surface area contributed by atoms with Gasteiger partial charge in [0.1, 0.15) is 0 Å². The zero-order chi connectivity index (χ0) is 22.1. The number of anilines is 1. The van der Waals surface area contributed by atoms with Gasteiger partial charge >= 0.3 is 0 Å². The van der Waals surface area contributed by atoms with Crippen LogP contribution in [0.5, 0.6) is 11.5 Å². The lowest BCUT2D eigenvalue weighted by Crippen LogP contribution is -2.42. The van der Waals surface area contributed by atoms with Crippen molar-refractivity contribution in [1.82, 2.24) is 0 Å². The lowest BCUT2D eigenvalue weighted by molar-refractivity contribution is 0.0956. The summed E-state index contributed by atoms with van der Waals surface area (Å²) in [6.45, 7) is 0.124. The van der Waals surface area contributed by atoms with Gasteiger partial charge in [0.2, 0.25) is 6.79 Å². The summed E-state index contributed by atoms with van der Waals surface area (Å²) in [5.74, 6) is 0.349. The first-order chi connectivity index (χ1) is 15.7. The van der Waals surface area contributed by atoms with E-state index in [0.717, 1.165) is 16.8 Å². The molecule has 3 aromatic rings. The summed E-state index contributed by atoms with van der Waals surface area (Å²) in [5.41, 5.74) is 1.43. The number of nitrogens with zero attached hydrogens (tertiary/aromatic N) is 2. The average molecular weight is 421 g/mol. The van der Waals surface area contributed by atoms with Gasteiger partial charge in [0.15, 0.2) is 22.7 Å². The summed E-state index contributed by atoms with van der Waals surface area (Å²) in [4.78, 5) is 13.3. The van der Waals surface area contributed by atoms with E-state index in [2.05, 4.69) is 17.5 Å². The molecule has 2 heterocycles. The standard InChI is InChI=1S/C26H19N3O3/c27-14-26(15-28)20(13-22(30)18-10-11-23-24(12-18)32-16-31-23)19-8-4-5-9-21(19)29-25(26)17-6-2-1-3-7-17/h1-12,20,25,29H,13,16H2/t20-,25+/m1/s1. The van der Waals surface area contributed by atoms with E-state index in [9.17, 15) is 15.3 Å². The summed E-state index contributed by atoms with van der Waals surface area (Å²) in [7, 11) is 0. The van der Waals surface area contributed by atoms with Crippen LogP contribution in [0.3, 0.4) is 0 Å². The Kier molecular flexibility index (Phi) is 4.77. The highest BCUT2D eigenvalue weighted by molar-refractivity contribution is 5.97. The van der Waals surface area contributed by atoms with Crippen molar-refractivity contribution in [3.63, 3.8) is 0 Å². The fourth-order valence-electron chi connectivity index (χ4n) is 4.59. The minimum Gasteiger partial charge on any atom is -0.454 e. The molecule has 0 saturated carbocycles. The van der Waals surface area contributed by atoms with Crippen LogP contribution in [0.4, 0.5) is 5.69 Å². The van der Waals surface area contributed by atoms with E-state index in [-0.39, 0.29) is 19.0 Å². The van der Waals surface area contributed by atoms with Gasteiger partial charge in [-0.15, -0.1) is 0 Å². The summed E-state index contributed by atoms with van der Waals surface area (Å²) in [6.07, 6.45) is 0.0167. The first kappa shape index (κ1) is 19.7. The second-order valence-corrected chi connectivity index (χ2v) is 7.92. The molecule has 0 unspecified atom stereocenters. The van der Waals surface area contributed by atoms with Crippen LogP contribution in [0, 0.1) is 28.1 Å². The maximum atomic E-state index is 13.3. The zero-order valence-corrected chi connectivity index (χ0v) is 17.1. The Morgan fingerprint density at radius 2 is 1.69 bits per heavy atom. The van der Waals surface area contributed by atoms with E-state index in [1.54, 1.807) is 18.2 Å². The molecule has 0 bridgehead atoms. The maximum Gasteiger partial charge on any atom is 0.231 e. The number of nitrogens with one attached hydrogen (secondary N) is 1. The third kappa shape index (κ3) is 3.05. The van der Waals surface area contributed by atoms with Crippen molar-refractivity contribution in [3.8, 4) is 23.6 Å². The highest BCUT2D eigenvalue weighted by Gasteiger charge is 2.52. The van der Waals surface area contributed by atoms with Gasteiger partial charge in [-0.1, -0.05) is 48.5 Å². The molecule has 1 N–H and O–H groups in total. The average Bonchev–Trinajstić information content (AvgIpc) is 3.32. The van der Waals surface area contributed by atoms with Gasteiger partial charge in [-0.05, 0) is 35.4 Å². The van der Waals surface area contributed by atoms with Crippen LogP contribution in [0.25, 0.3) is 0 Å². The zero-order valence-electron chi connectivity index (χ0n) is 17.1. The normalized spacial score (nSPS) is 19.7. The molecule has 2 aliphatic rings. The number of carbonyl (C=O) groups is 1. The van der Waals surface area contributed by atoms with E-state index in [4.69, 9.17) is 9.47 Å². The number of benzene rings is 3. The number of rotatable bonds is 4. The molecule has 2 atom stereocenters. The van der Waals surface area contributed by atoms with Crippen molar-refractivity contribution < 1.29 is 14.3 Å². The van der Waals surface area contributed by atoms with Crippen molar-refractivity contribution >= 4 is 11.5 Å².